The molecule has 0 atom stereocenters. The van der Waals surface area contributed by atoms with Crippen molar-refractivity contribution in [1.29, 1.82) is 0 Å². The number of ketones is 1. The molecule has 1 N–H and O–H groups in total. The minimum absolute atomic E-state index is 0.0125. The number of carbonyl (C=O) groups excluding carboxylic acids is 2. The van der Waals surface area contributed by atoms with Crippen LogP contribution in [0.25, 0.3) is 0 Å². The zero-order chi connectivity index (χ0) is 16.9. The molecule has 0 bridgehead atoms. The molecule has 0 radical (unpaired) electrons. The third-order valence-corrected chi connectivity index (χ3v) is 4.54. The molecular formula is C17H22N4O2. The molecule has 23 heavy (non-hydrogen) atoms. The van der Waals surface area contributed by atoms with Crippen molar-refractivity contribution in [2.45, 2.75) is 40.7 Å². The predicted octanol–water partition coefficient (Wildman–Crippen LogP) is 2.34. The summed E-state index contributed by atoms with van der Waals surface area (Å²) in [7, 11) is 0. The van der Waals surface area contributed by atoms with Gasteiger partial charge < -0.3 is 9.88 Å². The van der Waals surface area contributed by atoms with Gasteiger partial charge in [0.1, 0.15) is 0 Å². The van der Waals surface area contributed by atoms with Crippen LogP contribution in [0.3, 0.4) is 0 Å². The molecule has 1 aliphatic heterocycles. The highest BCUT2D eigenvalue weighted by molar-refractivity contribution is 6.02. The number of aryl methyl sites for hydroxylation is 3. The summed E-state index contributed by atoms with van der Waals surface area (Å²) in [6.07, 6.45) is 0. The van der Waals surface area contributed by atoms with Gasteiger partial charge >= 0.3 is 0 Å². The van der Waals surface area contributed by atoms with Crippen LogP contribution < -0.4 is 0 Å². The summed E-state index contributed by atoms with van der Waals surface area (Å²) < 4.78 is 2.00. The first kappa shape index (κ1) is 15.5. The molecule has 6 nitrogen and oxygen atoms in total. The normalized spacial score (nSPS) is 14.9. The van der Waals surface area contributed by atoms with Crippen LogP contribution >= 0.6 is 0 Å². The van der Waals surface area contributed by atoms with E-state index in [1.54, 1.807) is 0 Å². The van der Waals surface area contributed by atoms with Crippen LogP contribution in [0.1, 0.15) is 56.5 Å². The molecule has 6 heteroatoms. The minimum atomic E-state index is -0.0474. The van der Waals surface area contributed by atoms with Crippen LogP contribution in [0.5, 0.6) is 0 Å². The molecule has 1 aliphatic rings. The van der Waals surface area contributed by atoms with Crippen LogP contribution in [-0.4, -0.2) is 44.4 Å². The number of likely N-dealkylation sites (tertiary alicyclic amines) is 1. The van der Waals surface area contributed by atoms with E-state index in [2.05, 4.69) is 10.1 Å². The van der Waals surface area contributed by atoms with Crippen molar-refractivity contribution in [2.75, 3.05) is 13.1 Å². The SMILES string of the molecule is CC(=O)c1[nH]c(C)c(C(=O)N2CC(n3nc(C)cc3C)C2)c1C. The number of hydrogen-bond donors (Lipinski definition) is 1. The van der Waals surface area contributed by atoms with E-state index in [0.29, 0.717) is 24.3 Å². The highest BCUT2D eigenvalue weighted by atomic mass is 16.2. The highest BCUT2D eigenvalue weighted by Crippen LogP contribution is 2.27. The van der Waals surface area contributed by atoms with E-state index in [-0.39, 0.29) is 17.7 Å². The molecule has 0 unspecified atom stereocenters. The summed E-state index contributed by atoms with van der Waals surface area (Å²) in [4.78, 5) is 29.2. The number of Topliss-reactive ketones (excluding diaryl/α,β-unsaturated/α-hetero) is 1. The molecular weight excluding hydrogens is 292 g/mol. The number of aromatic nitrogens is 3. The molecule has 0 aliphatic carbocycles. The van der Waals surface area contributed by atoms with Crippen molar-refractivity contribution < 1.29 is 9.59 Å². The second-order valence-electron chi connectivity index (χ2n) is 6.42. The van der Waals surface area contributed by atoms with E-state index in [9.17, 15) is 9.59 Å². The minimum Gasteiger partial charge on any atom is -0.355 e. The Kier molecular flexibility index (Phi) is 3.62. The van der Waals surface area contributed by atoms with Gasteiger partial charge in [0.25, 0.3) is 5.91 Å². The number of amides is 1. The van der Waals surface area contributed by atoms with Crippen LogP contribution in [0.2, 0.25) is 0 Å². The van der Waals surface area contributed by atoms with Gasteiger partial charge in [0.2, 0.25) is 0 Å². The van der Waals surface area contributed by atoms with Gasteiger partial charge in [-0.05, 0) is 39.3 Å². The fourth-order valence-electron chi connectivity index (χ4n) is 3.37. The number of H-pyrrole nitrogens is 1. The number of aromatic amines is 1. The summed E-state index contributed by atoms with van der Waals surface area (Å²) in [6.45, 7) is 10.5. The van der Waals surface area contributed by atoms with E-state index in [0.717, 1.165) is 22.6 Å². The maximum absolute atomic E-state index is 12.7. The fourth-order valence-corrected chi connectivity index (χ4v) is 3.37. The van der Waals surface area contributed by atoms with Crippen molar-refractivity contribution in [2.24, 2.45) is 0 Å². The largest absolute Gasteiger partial charge is 0.355 e. The average molecular weight is 314 g/mol. The van der Waals surface area contributed by atoms with Gasteiger partial charge in [-0.25, -0.2) is 0 Å². The van der Waals surface area contributed by atoms with Gasteiger partial charge in [-0.3, -0.25) is 14.3 Å². The fraction of sp³-hybridized carbons (Fsp3) is 0.471. The Morgan fingerprint density at radius 1 is 1.22 bits per heavy atom. The lowest BCUT2D eigenvalue weighted by Crippen LogP contribution is -2.51. The summed E-state index contributed by atoms with van der Waals surface area (Å²) in [5.41, 5.74) is 4.77. The first-order chi connectivity index (χ1) is 10.8. The Balaban J connectivity index is 1.77. The molecule has 3 rings (SSSR count). The first-order valence-electron chi connectivity index (χ1n) is 7.81. The summed E-state index contributed by atoms with van der Waals surface area (Å²) in [5, 5.41) is 4.49. The third-order valence-electron chi connectivity index (χ3n) is 4.54. The molecule has 2 aromatic heterocycles. The third kappa shape index (κ3) is 2.48. The van der Waals surface area contributed by atoms with Crippen molar-refractivity contribution >= 4 is 11.7 Å². The maximum atomic E-state index is 12.7. The number of nitrogens with zero attached hydrogens (tertiary/aromatic N) is 3. The molecule has 1 amide bonds. The van der Waals surface area contributed by atoms with Crippen LogP contribution in [0.15, 0.2) is 6.07 Å². The smallest absolute Gasteiger partial charge is 0.256 e. The predicted molar refractivity (Wildman–Crippen MR) is 86.9 cm³/mol. The lowest BCUT2D eigenvalue weighted by atomic mass is 10.0. The Morgan fingerprint density at radius 3 is 2.35 bits per heavy atom. The lowest BCUT2D eigenvalue weighted by Gasteiger charge is -2.40. The zero-order valence-corrected chi connectivity index (χ0v) is 14.2. The summed E-state index contributed by atoms with van der Waals surface area (Å²) in [6, 6.07) is 2.28. The Bertz CT molecular complexity index is 794. The van der Waals surface area contributed by atoms with Crippen LogP contribution in [0, 0.1) is 27.7 Å². The first-order valence-corrected chi connectivity index (χ1v) is 7.81. The number of nitrogens with one attached hydrogen (secondary N) is 1. The molecule has 122 valence electrons. The average Bonchev–Trinajstić information content (AvgIpc) is 2.87. The number of hydrogen-bond acceptors (Lipinski definition) is 3. The number of rotatable bonds is 3. The van der Waals surface area contributed by atoms with E-state index >= 15 is 0 Å². The van der Waals surface area contributed by atoms with Gasteiger partial charge in [0.15, 0.2) is 5.78 Å². The molecule has 2 aromatic rings. The van der Waals surface area contributed by atoms with Crippen molar-refractivity contribution in [3.8, 4) is 0 Å². The van der Waals surface area contributed by atoms with E-state index in [1.165, 1.54) is 6.92 Å². The second kappa shape index (κ2) is 5.37. The number of carbonyl (C=O) groups is 2. The molecule has 1 fully saturated rings. The van der Waals surface area contributed by atoms with Crippen LogP contribution in [-0.2, 0) is 0 Å². The van der Waals surface area contributed by atoms with Gasteiger partial charge in [-0.15, -0.1) is 0 Å². The van der Waals surface area contributed by atoms with Crippen LogP contribution in [0.4, 0.5) is 0 Å². The molecule has 3 heterocycles. The monoisotopic (exact) mass is 314 g/mol. The summed E-state index contributed by atoms with van der Waals surface area (Å²) >= 11 is 0. The van der Waals surface area contributed by atoms with Gasteiger partial charge in [-0.2, -0.15) is 5.10 Å². The quantitative estimate of drug-likeness (QED) is 0.884. The topological polar surface area (TPSA) is 71.0 Å². The molecule has 0 aromatic carbocycles. The van der Waals surface area contributed by atoms with Gasteiger partial charge in [0, 0.05) is 31.4 Å². The van der Waals surface area contributed by atoms with Gasteiger partial charge in [-0.1, -0.05) is 0 Å². The van der Waals surface area contributed by atoms with E-state index in [4.69, 9.17) is 0 Å². The van der Waals surface area contributed by atoms with Crippen molar-refractivity contribution in [3.63, 3.8) is 0 Å². The highest BCUT2D eigenvalue weighted by Gasteiger charge is 2.35. The standard InChI is InChI=1S/C17H22N4O2/c1-9-6-10(2)21(19-9)14-7-20(8-14)17(23)15-11(3)16(13(5)22)18-12(15)4/h6,14,18H,7-8H2,1-5H3. The maximum Gasteiger partial charge on any atom is 0.256 e. The Morgan fingerprint density at radius 2 is 1.87 bits per heavy atom. The Labute approximate surface area is 135 Å². The zero-order valence-electron chi connectivity index (χ0n) is 14.2. The van der Waals surface area contributed by atoms with Crippen molar-refractivity contribution in [3.05, 3.63) is 40.0 Å². The molecule has 0 saturated carbocycles. The Hall–Kier alpha value is -2.37. The van der Waals surface area contributed by atoms with E-state index in [1.807, 2.05) is 43.3 Å². The molecule has 1 saturated heterocycles. The lowest BCUT2D eigenvalue weighted by molar-refractivity contribution is 0.0496. The molecule has 0 spiro atoms. The van der Waals surface area contributed by atoms with Crippen molar-refractivity contribution in [1.82, 2.24) is 19.7 Å². The second-order valence-corrected chi connectivity index (χ2v) is 6.42. The van der Waals surface area contributed by atoms with E-state index < -0.39 is 0 Å². The van der Waals surface area contributed by atoms with Gasteiger partial charge in [0.05, 0.1) is 23.0 Å². The summed E-state index contributed by atoms with van der Waals surface area (Å²) in [5.74, 6) is -0.0599.